The van der Waals surface area contributed by atoms with Gasteiger partial charge in [0.1, 0.15) is 11.5 Å². The van der Waals surface area contributed by atoms with Crippen molar-refractivity contribution < 1.29 is 24.1 Å². The number of nitrogens with zero attached hydrogens (tertiary/aromatic N) is 2. The summed E-state index contributed by atoms with van der Waals surface area (Å²) < 4.78 is 17.2. The topological polar surface area (TPSA) is 81.1 Å². The average molecular weight is 515 g/mol. The number of ether oxygens (including phenoxy) is 3. The van der Waals surface area contributed by atoms with Crippen LogP contribution >= 0.6 is 0 Å². The van der Waals surface area contributed by atoms with Gasteiger partial charge in [-0.1, -0.05) is 45.0 Å². The maximum Gasteiger partial charge on any atom is 0.412 e. The van der Waals surface area contributed by atoms with Crippen molar-refractivity contribution >= 4 is 22.7 Å². The Morgan fingerprint density at radius 3 is 2.13 bits per heavy atom. The summed E-state index contributed by atoms with van der Waals surface area (Å²) >= 11 is 0. The molecule has 0 bridgehead atoms. The first-order valence-corrected chi connectivity index (χ1v) is 12.4. The Balaban J connectivity index is 1.65. The zero-order valence-electron chi connectivity index (χ0n) is 23.0. The smallest absolute Gasteiger partial charge is 0.412 e. The first-order valence-electron chi connectivity index (χ1n) is 12.4. The Morgan fingerprint density at radius 2 is 1.53 bits per heavy atom. The van der Waals surface area contributed by atoms with Crippen LogP contribution in [0.1, 0.15) is 43.0 Å². The molecule has 1 aromatic heterocycles. The van der Waals surface area contributed by atoms with Crippen LogP contribution in [0.15, 0.2) is 60.8 Å². The van der Waals surface area contributed by atoms with Gasteiger partial charge in [0.25, 0.3) is 0 Å². The standard InChI is InChI=1S/C31H34N2O5/c1-19-15-27(38-26-12-13-32-24-17-29(37-7)28(36-6)16-23(24)26)20(2)14-25(19)33(30(34)35)18-21-8-10-22(11-9-21)31(3,4)5/h8-17H,18H2,1-7H3,(H,34,35). The van der Waals surface area contributed by atoms with E-state index in [0.29, 0.717) is 34.2 Å². The number of methoxy groups -OCH3 is 2. The number of aromatic nitrogens is 1. The molecule has 198 valence electrons. The zero-order valence-corrected chi connectivity index (χ0v) is 23.0. The van der Waals surface area contributed by atoms with Crippen LogP contribution in [0.3, 0.4) is 0 Å². The van der Waals surface area contributed by atoms with Crippen LogP contribution in [-0.2, 0) is 12.0 Å². The Kier molecular flexibility index (Phi) is 7.49. The molecule has 1 N–H and O–H groups in total. The number of benzene rings is 3. The fourth-order valence-corrected chi connectivity index (χ4v) is 4.38. The van der Waals surface area contributed by atoms with Crippen LogP contribution in [0.25, 0.3) is 10.9 Å². The molecule has 3 aromatic carbocycles. The zero-order chi connectivity index (χ0) is 27.6. The molecule has 0 atom stereocenters. The van der Waals surface area contributed by atoms with Crippen LogP contribution in [0.5, 0.6) is 23.0 Å². The van der Waals surface area contributed by atoms with Crippen LogP contribution in [0.4, 0.5) is 10.5 Å². The molecule has 0 unspecified atom stereocenters. The highest BCUT2D eigenvalue weighted by molar-refractivity contribution is 5.89. The molecule has 7 nitrogen and oxygen atoms in total. The SMILES string of the molecule is COc1cc2nccc(Oc3cc(C)c(N(Cc4ccc(C(C)(C)C)cc4)C(=O)O)cc3C)c2cc1OC. The third-order valence-corrected chi connectivity index (χ3v) is 6.60. The molecule has 4 aromatic rings. The van der Waals surface area contributed by atoms with Gasteiger partial charge in [-0.15, -0.1) is 0 Å². The number of pyridine rings is 1. The van der Waals surface area contributed by atoms with Crippen molar-refractivity contribution in [2.24, 2.45) is 0 Å². The maximum atomic E-state index is 12.3. The number of carboxylic acid groups (broad SMARTS) is 1. The number of carbonyl (C=O) groups is 1. The van der Waals surface area contributed by atoms with Gasteiger partial charge in [0.15, 0.2) is 11.5 Å². The fourth-order valence-electron chi connectivity index (χ4n) is 4.38. The lowest BCUT2D eigenvalue weighted by Crippen LogP contribution is -2.29. The largest absolute Gasteiger partial charge is 0.493 e. The van der Waals surface area contributed by atoms with E-state index < -0.39 is 6.09 Å². The molecule has 0 aliphatic heterocycles. The summed E-state index contributed by atoms with van der Waals surface area (Å²) in [4.78, 5) is 18.1. The first kappa shape index (κ1) is 26.8. The van der Waals surface area contributed by atoms with E-state index in [9.17, 15) is 9.90 Å². The van der Waals surface area contributed by atoms with Crippen LogP contribution in [-0.4, -0.2) is 30.4 Å². The number of hydrogen-bond donors (Lipinski definition) is 1. The molecule has 0 saturated heterocycles. The van der Waals surface area contributed by atoms with E-state index in [1.54, 1.807) is 32.5 Å². The number of amides is 1. The van der Waals surface area contributed by atoms with Crippen molar-refractivity contribution in [3.05, 3.63) is 83.0 Å². The Labute approximate surface area is 223 Å². The summed E-state index contributed by atoms with van der Waals surface area (Å²) in [5, 5.41) is 10.8. The number of anilines is 1. The van der Waals surface area contributed by atoms with E-state index in [4.69, 9.17) is 14.2 Å². The second-order valence-electron chi connectivity index (χ2n) is 10.4. The molecule has 0 fully saturated rings. The minimum Gasteiger partial charge on any atom is -0.493 e. The molecule has 0 saturated carbocycles. The second-order valence-corrected chi connectivity index (χ2v) is 10.4. The van der Waals surface area contributed by atoms with Gasteiger partial charge in [0.2, 0.25) is 0 Å². The molecule has 7 heteroatoms. The van der Waals surface area contributed by atoms with E-state index in [0.717, 1.165) is 22.1 Å². The molecule has 4 rings (SSSR count). The minimum absolute atomic E-state index is 0.0336. The molecule has 0 spiro atoms. The van der Waals surface area contributed by atoms with Gasteiger partial charge in [-0.3, -0.25) is 9.88 Å². The van der Waals surface area contributed by atoms with Gasteiger partial charge in [-0.05, 0) is 65.8 Å². The summed E-state index contributed by atoms with van der Waals surface area (Å²) in [5.41, 5.74) is 5.09. The van der Waals surface area contributed by atoms with Gasteiger partial charge in [-0.2, -0.15) is 0 Å². The summed E-state index contributed by atoms with van der Waals surface area (Å²) in [5.74, 6) is 2.41. The monoisotopic (exact) mass is 514 g/mol. The lowest BCUT2D eigenvalue weighted by Gasteiger charge is -2.24. The third-order valence-electron chi connectivity index (χ3n) is 6.60. The second kappa shape index (κ2) is 10.6. The number of fused-ring (bicyclic) bond motifs is 1. The number of rotatable bonds is 7. The Bertz CT molecular complexity index is 1470. The number of aryl methyl sites for hydroxylation is 2. The van der Waals surface area contributed by atoms with Gasteiger partial charge in [0.05, 0.1) is 32.0 Å². The van der Waals surface area contributed by atoms with Crippen LogP contribution in [0, 0.1) is 13.8 Å². The predicted molar refractivity (Wildman–Crippen MR) is 150 cm³/mol. The van der Waals surface area contributed by atoms with Crippen LogP contribution in [0.2, 0.25) is 0 Å². The highest BCUT2D eigenvalue weighted by Gasteiger charge is 2.20. The van der Waals surface area contributed by atoms with Crippen molar-refractivity contribution in [2.45, 2.75) is 46.6 Å². The van der Waals surface area contributed by atoms with E-state index in [1.807, 2.05) is 44.2 Å². The van der Waals surface area contributed by atoms with E-state index in [1.165, 1.54) is 10.5 Å². The predicted octanol–water partition coefficient (Wildman–Crippen LogP) is 7.64. The van der Waals surface area contributed by atoms with E-state index in [2.05, 4.69) is 37.9 Å². The first-order chi connectivity index (χ1) is 18.0. The average Bonchev–Trinajstić information content (AvgIpc) is 2.88. The summed E-state index contributed by atoms with van der Waals surface area (Å²) in [6.07, 6.45) is 0.666. The minimum atomic E-state index is -1.01. The van der Waals surface area contributed by atoms with Gasteiger partial charge in [-0.25, -0.2) is 4.79 Å². The third kappa shape index (κ3) is 5.52. The van der Waals surface area contributed by atoms with E-state index in [-0.39, 0.29) is 12.0 Å². The fraction of sp³-hybridized carbons (Fsp3) is 0.290. The van der Waals surface area contributed by atoms with Crippen molar-refractivity contribution in [2.75, 3.05) is 19.1 Å². The van der Waals surface area contributed by atoms with Crippen molar-refractivity contribution in [3.8, 4) is 23.0 Å². The highest BCUT2D eigenvalue weighted by atomic mass is 16.5. The van der Waals surface area contributed by atoms with Crippen molar-refractivity contribution in [1.82, 2.24) is 4.98 Å². The Hall–Kier alpha value is -4.26. The number of hydrogen-bond acceptors (Lipinski definition) is 5. The summed E-state index contributed by atoms with van der Waals surface area (Å²) in [6, 6.07) is 17.3. The van der Waals surface area contributed by atoms with E-state index >= 15 is 0 Å². The van der Waals surface area contributed by atoms with Crippen molar-refractivity contribution in [3.63, 3.8) is 0 Å². The van der Waals surface area contributed by atoms with Gasteiger partial charge < -0.3 is 19.3 Å². The van der Waals surface area contributed by atoms with Gasteiger partial charge >= 0.3 is 6.09 Å². The van der Waals surface area contributed by atoms with Gasteiger partial charge in [0, 0.05) is 17.6 Å². The maximum absolute atomic E-state index is 12.3. The molecule has 0 aliphatic carbocycles. The molecule has 0 aliphatic rings. The van der Waals surface area contributed by atoms with Crippen molar-refractivity contribution in [1.29, 1.82) is 0 Å². The molecular weight excluding hydrogens is 480 g/mol. The quantitative estimate of drug-likeness (QED) is 0.273. The summed E-state index contributed by atoms with van der Waals surface area (Å²) in [6.45, 7) is 10.5. The van der Waals surface area contributed by atoms with Crippen LogP contribution < -0.4 is 19.1 Å². The molecule has 0 radical (unpaired) electrons. The lowest BCUT2D eigenvalue weighted by molar-refractivity contribution is 0.201. The summed E-state index contributed by atoms with van der Waals surface area (Å²) in [7, 11) is 3.17. The molecule has 1 amide bonds. The molecule has 1 heterocycles. The lowest BCUT2D eigenvalue weighted by atomic mass is 9.87. The Morgan fingerprint density at radius 1 is 0.868 bits per heavy atom. The highest BCUT2D eigenvalue weighted by Crippen LogP contribution is 2.39. The molecular formula is C31H34N2O5. The molecule has 38 heavy (non-hydrogen) atoms. The normalized spacial score (nSPS) is 11.3.